The second-order valence-electron chi connectivity index (χ2n) is 8.94. The molecule has 7 N–H and O–H groups in total. The molecule has 2 aromatic carbocycles. The van der Waals surface area contributed by atoms with Crippen LogP contribution in [0.2, 0.25) is 0 Å². The molecule has 3 amide bonds. The highest BCUT2D eigenvalue weighted by molar-refractivity contribution is 6.01. The van der Waals surface area contributed by atoms with Crippen LogP contribution in [-0.2, 0) is 30.3 Å². The summed E-state index contributed by atoms with van der Waals surface area (Å²) in [5.74, 6) is -4.07. The number of nitrogens with zero attached hydrogens (tertiary/aromatic N) is 2. The van der Waals surface area contributed by atoms with Gasteiger partial charge in [0.2, 0.25) is 11.8 Å². The van der Waals surface area contributed by atoms with Crippen molar-refractivity contribution in [3.05, 3.63) is 65.2 Å². The highest BCUT2D eigenvalue weighted by Crippen LogP contribution is 2.19. The molecule has 0 unspecified atom stereocenters. The number of carboxylic acid groups (broad SMARTS) is 1. The summed E-state index contributed by atoms with van der Waals surface area (Å²) < 4.78 is 4.69. The number of aliphatic carboxylic acids is 1. The number of carbonyl (C=O) groups is 5. The van der Waals surface area contributed by atoms with Gasteiger partial charge in [-0.1, -0.05) is 24.3 Å². The average molecular weight is 539 g/mol. The van der Waals surface area contributed by atoms with E-state index < -0.39 is 54.7 Å². The van der Waals surface area contributed by atoms with Gasteiger partial charge in [-0.25, -0.2) is 0 Å². The van der Waals surface area contributed by atoms with Gasteiger partial charge in [-0.05, 0) is 29.8 Å². The van der Waals surface area contributed by atoms with Crippen LogP contribution in [0.4, 0.5) is 5.69 Å². The van der Waals surface area contributed by atoms with E-state index >= 15 is 0 Å². The minimum absolute atomic E-state index is 0.0465. The zero-order chi connectivity index (χ0) is 28.7. The highest BCUT2D eigenvalue weighted by atomic mass is 16.5. The van der Waals surface area contributed by atoms with Gasteiger partial charge in [0.05, 0.1) is 13.5 Å². The summed E-state index contributed by atoms with van der Waals surface area (Å²) in [6.45, 7) is -0.703. The van der Waals surface area contributed by atoms with Crippen molar-refractivity contribution < 1.29 is 33.8 Å². The van der Waals surface area contributed by atoms with E-state index in [1.165, 1.54) is 29.2 Å². The van der Waals surface area contributed by atoms with Crippen molar-refractivity contribution >= 4 is 41.2 Å². The number of hydrogen-bond donors (Lipinski definition) is 5. The molecule has 1 saturated heterocycles. The molecule has 0 radical (unpaired) electrons. The molecule has 0 saturated carbocycles. The number of esters is 1. The van der Waals surface area contributed by atoms with E-state index in [4.69, 9.17) is 26.7 Å². The predicted molar refractivity (Wildman–Crippen MR) is 140 cm³/mol. The number of benzene rings is 2. The van der Waals surface area contributed by atoms with Gasteiger partial charge in [0, 0.05) is 36.3 Å². The second kappa shape index (κ2) is 12.5. The third-order valence-corrected chi connectivity index (χ3v) is 6.26. The maximum absolute atomic E-state index is 13.8. The Labute approximate surface area is 224 Å². The molecule has 39 heavy (non-hydrogen) atoms. The number of nitrogens with two attached hydrogens (primary N) is 2. The van der Waals surface area contributed by atoms with Crippen LogP contribution in [0.5, 0.6) is 0 Å². The van der Waals surface area contributed by atoms with Crippen LogP contribution in [0, 0.1) is 5.41 Å². The first-order valence-electron chi connectivity index (χ1n) is 12.0. The number of carbonyl (C=O) groups excluding carboxylic acids is 4. The number of hydrogen-bond acceptors (Lipinski definition) is 8. The van der Waals surface area contributed by atoms with Crippen molar-refractivity contribution in [1.29, 1.82) is 5.41 Å². The molecule has 2 aromatic rings. The maximum atomic E-state index is 13.8. The van der Waals surface area contributed by atoms with E-state index in [0.717, 1.165) is 12.0 Å². The van der Waals surface area contributed by atoms with E-state index in [1.807, 2.05) is 0 Å². The second-order valence-corrected chi connectivity index (χ2v) is 8.94. The summed E-state index contributed by atoms with van der Waals surface area (Å²) in [7, 11) is 1.14. The minimum Gasteiger partial charge on any atom is -0.480 e. The Bertz CT molecular complexity index is 1260. The summed E-state index contributed by atoms with van der Waals surface area (Å²) in [5.41, 5.74) is 13.1. The number of nitrogens with one attached hydrogen (secondary N) is 2. The first-order chi connectivity index (χ1) is 18.5. The van der Waals surface area contributed by atoms with Gasteiger partial charge in [0.1, 0.15) is 24.5 Å². The molecule has 0 spiro atoms. The molecule has 1 aliphatic heterocycles. The van der Waals surface area contributed by atoms with Crippen molar-refractivity contribution in [2.45, 2.75) is 24.9 Å². The van der Waals surface area contributed by atoms with Crippen LogP contribution in [0.25, 0.3) is 0 Å². The number of rotatable bonds is 10. The molecule has 1 fully saturated rings. The molecule has 2 atom stereocenters. The molecule has 1 aliphatic rings. The number of nitrogen functional groups attached to an aromatic ring is 2. The van der Waals surface area contributed by atoms with Crippen LogP contribution in [0.3, 0.4) is 0 Å². The van der Waals surface area contributed by atoms with E-state index in [9.17, 15) is 24.0 Å². The van der Waals surface area contributed by atoms with Gasteiger partial charge < -0.3 is 36.4 Å². The van der Waals surface area contributed by atoms with Gasteiger partial charge in [-0.3, -0.25) is 29.4 Å². The number of ether oxygens (including phenoxy) is 1. The number of amidine groups is 1. The SMILES string of the molecule is COC(=O)C[C@H]1C(=O)N(CC(=O)O)CCN1C(=O)[C@H](Cc1ccc(N)cc1)NC(=O)c1ccc(C(=N)N)cc1. The van der Waals surface area contributed by atoms with Gasteiger partial charge in [-0.15, -0.1) is 0 Å². The van der Waals surface area contributed by atoms with E-state index in [1.54, 1.807) is 24.3 Å². The molecule has 1 heterocycles. The fourth-order valence-corrected chi connectivity index (χ4v) is 4.19. The Morgan fingerprint density at radius 3 is 2.26 bits per heavy atom. The van der Waals surface area contributed by atoms with Gasteiger partial charge in [0.15, 0.2) is 0 Å². The standard InChI is InChI=1S/C26H30N6O7/c1-39-22(35)13-20-26(38)31(14-21(33)34)10-11-32(20)25(37)19(12-15-2-8-18(27)9-3-15)30-24(36)17-6-4-16(5-7-17)23(28)29/h2-9,19-20H,10-14,27H2,1H3,(H3,28,29)(H,30,36)(H,33,34)/t19-,20-/m0/s1. The molecular weight excluding hydrogens is 508 g/mol. The number of piperazine rings is 1. The lowest BCUT2D eigenvalue weighted by molar-refractivity contribution is -0.159. The fraction of sp³-hybridized carbons (Fsp3) is 0.308. The highest BCUT2D eigenvalue weighted by Gasteiger charge is 2.41. The van der Waals surface area contributed by atoms with Crippen LogP contribution >= 0.6 is 0 Å². The number of amides is 3. The van der Waals surface area contributed by atoms with Crippen LogP contribution in [-0.4, -0.2) is 89.2 Å². The van der Waals surface area contributed by atoms with Crippen molar-refractivity contribution in [2.24, 2.45) is 5.73 Å². The molecular formula is C26H30N6O7. The fourth-order valence-electron chi connectivity index (χ4n) is 4.19. The van der Waals surface area contributed by atoms with E-state index in [-0.39, 0.29) is 30.9 Å². The predicted octanol–water partition coefficient (Wildman–Crippen LogP) is -0.419. The van der Waals surface area contributed by atoms with Crippen LogP contribution in [0.15, 0.2) is 48.5 Å². The molecule has 0 aromatic heterocycles. The van der Waals surface area contributed by atoms with Crippen molar-refractivity contribution in [3.63, 3.8) is 0 Å². The monoisotopic (exact) mass is 538 g/mol. The topological polar surface area (TPSA) is 209 Å². The summed E-state index contributed by atoms with van der Waals surface area (Å²) in [4.78, 5) is 65.6. The summed E-state index contributed by atoms with van der Waals surface area (Å²) >= 11 is 0. The zero-order valence-electron chi connectivity index (χ0n) is 21.3. The minimum atomic E-state index is -1.31. The first-order valence-corrected chi connectivity index (χ1v) is 12.0. The largest absolute Gasteiger partial charge is 0.480 e. The molecule has 0 bridgehead atoms. The molecule has 3 rings (SSSR count). The first kappa shape index (κ1) is 28.6. The molecule has 206 valence electrons. The Kier molecular flexibility index (Phi) is 9.20. The van der Waals surface area contributed by atoms with E-state index in [2.05, 4.69) is 5.32 Å². The number of anilines is 1. The normalized spacial score (nSPS) is 15.8. The summed E-state index contributed by atoms with van der Waals surface area (Å²) in [5, 5.41) is 19.4. The van der Waals surface area contributed by atoms with Crippen LogP contribution < -0.4 is 16.8 Å². The van der Waals surface area contributed by atoms with Crippen molar-refractivity contribution in [3.8, 4) is 0 Å². The van der Waals surface area contributed by atoms with E-state index in [0.29, 0.717) is 16.8 Å². The molecule has 0 aliphatic carbocycles. The molecule has 13 heteroatoms. The average Bonchev–Trinajstić information content (AvgIpc) is 2.91. The Balaban J connectivity index is 1.91. The maximum Gasteiger partial charge on any atom is 0.323 e. The lowest BCUT2D eigenvalue weighted by Crippen LogP contribution is -2.63. The Hall–Kier alpha value is -4.94. The summed E-state index contributed by atoms with van der Waals surface area (Å²) in [6.07, 6.45) is -0.433. The quantitative estimate of drug-likeness (QED) is 0.115. The smallest absolute Gasteiger partial charge is 0.323 e. The van der Waals surface area contributed by atoms with Gasteiger partial charge in [-0.2, -0.15) is 0 Å². The van der Waals surface area contributed by atoms with Crippen molar-refractivity contribution in [2.75, 3.05) is 32.5 Å². The van der Waals surface area contributed by atoms with Gasteiger partial charge >= 0.3 is 11.9 Å². The van der Waals surface area contributed by atoms with Crippen molar-refractivity contribution in [1.82, 2.24) is 15.1 Å². The Morgan fingerprint density at radius 2 is 1.69 bits per heavy atom. The lowest BCUT2D eigenvalue weighted by atomic mass is 10.0. The Morgan fingerprint density at radius 1 is 1.08 bits per heavy atom. The third-order valence-electron chi connectivity index (χ3n) is 6.26. The number of carboxylic acids is 1. The zero-order valence-corrected chi connectivity index (χ0v) is 21.3. The van der Waals surface area contributed by atoms with Crippen LogP contribution in [0.1, 0.15) is 27.9 Å². The number of methoxy groups -OCH3 is 1. The van der Waals surface area contributed by atoms with Gasteiger partial charge in [0.25, 0.3) is 5.91 Å². The lowest BCUT2D eigenvalue weighted by Gasteiger charge is -2.41. The summed E-state index contributed by atoms with van der Waals surface area (Å²) in [6, 6.07) is 10.2. The molecule has 13 nitrogen and oxygen atoms in total. The third kappa shape index (κ3) is 7.31.